The number of aromatic nitrogens is 1. The standard InChI is InChI=1S/C24H28F2N6O3S/c1-10-8-31(9-14(27)21(10)34)19-11-5-6-16(33)18(11)30-7-15(19)32-20(22(28)35)23(29)36-24(32)17-12(25)3-2-4-13(17)26/h2-4,7,10,14,16,21,24,33-34H,5-6,8-9,27,29H2,1H3,(H2,28,35)/t10-,14+,16?,21+,24?/m0/s1. The van der Waals surface area contributed by atoms with Gasteiger partial charge in [-0.05, 0) is 25.0 Å². The SMILES string of the molecule is C[C@H]1CN(c2c(N3C(C(N)=O)=C(N)SC3c3c(F)cccc3F)cnc3c2CCC3O)C[C@@H](N)[C@@H]1O. The average molecular weight is 519 g/mol. The molecule has 0 saturated carbocycles. The minimum Gasteiger partial charge on any atom is -0.392 e. The maximum atomic E-state index is 15.0. The van der Waals surface area contributed by atoms with Gasteiger partial charge in [-0.25, -0.2) is 8.78 Å². The van der Waals surface area contributed by atoms with Gasteiger partial charge in [-0.3, -0.25) is 9.78 Å². The summed E-state index contributed by atoms with van der Waals surface area (Å²) in [5.41, 5.74) is 20.0. The van der Waals surface area contributed by atoms with Crippen molar-refractivity contribution < 1.29 is 23.8 Å². The van der Waals surface area contributed by atoms with Crippen LogP contribution in [-0.2, 0) is 11.2 Å². The first kappa shape index (κ1) is 24.8. The Kier molecular flexibility index (Phi) is 6.31. The molecule has 2 unspecified atom stereocenters. The van der Waals surface area contributed by atoms with Crippen LogP contribution in [-0.4, -0.2) is 46.3 Å². The van der Waals surface area contributed by atoms with E-state index in [9.17, 15) is 23.8 Å². The second-order valence-electron chi connectivity index (χ2n) is 9.50. The van der Waals surface area contributed by atoms with Gasteiger partial charge in [-0.15, -0.1) is 0 Å². The number of halogens is 2. The number of amides is 1. The van der Waals surface area contributed by atoms with E-state index in [1.807, 2.05) is 11.8 Å². The number of rotatable bonds is 4. The Bertz CT molecular complexity index is 1230. The van der Waals surface area contributed by atoms with E-state index in [0.29, 0.717) is 36.5 Å². The van der Waals surface area contributed by atoms with Crippen molar-refractivity contribution in [1.82, 2.24) is 4.98 Å². The summed E-state index contributed by atoms with van der Waals surface area (Å²) in [4.78, 5) is 20.5. The molecule has 1 fully saturated rings. The third kappa shape index (κ3) is 3.88. The first-order chi connectivity index (χ1) is 17.1. The Labute approximate surface area is 210 Å². The van der Waals surface area contributed by atoms with Crippen LogP contribution < -0.4 is 27.0 Å². The lowest BCUT2D eigenvalue weighted by atomic mass is 9.91. The zero-order valence-electron chi connectivity index (χ0n) is 19.6. The molecule has 8 N–H and O–H groups in total. The summed E-state index contributed by atoms with van der Waals surface area (Å²) in [6, 6.07) is 2.98. The summed E-state index contributed by atoms with van der Waals surface area (Å²) in [5.74, 6) is -2.62. The zero-order valence-corrected chi connectivity index (χ0v) is 20.4. The number of carbonyl (C=O) groups excluding carboxylic acids is 1. The number of fused-ring (bicyclic) bond motifs is 1. The highest BCUT2D eigenvalue weighted by atomic mass is 32.2. The van der Waals surface area contributed by atoms with Crippen molar-refractivity contribution in [1.29, 1.82) is 0 Å². The topological polar surface area (TPSA) is 155 Å². The summed E-state index contributed by atoms with van der Waals surface area (Å²) in [6.07, 6.45) is 0.956. The van der Waals surface area contributed by atoms with Gasteiger partial charge in [0.05, 0.1) is 46.1 Å². The number of hydrogen-bond acceptors (Lipinski definition) is 9. The van der Waals surface area contributed by atoms with Gasteiger partial charge >= 0.3 is 0 Å². The predicted octanol–water partition coefficient (Wildman–Crippen LogP) is 1.35. The third-order valence-electron chi connectivity index (χ3n) is 7.11. The van der Waals surface area contributed by atoms with Crippen LogP contribution in [0.3, 0.4) is 0 Å². The lowest BCUT2D eigenvalue weighted by Crippen LogP contribution is -2.56. The molecule has 0 spiro atoms. The fourth-order valence-corrected chi connectivity index (χ4v) is 6.63. The van der Waals surface area contributed by atoms with Crippen LogP contribution >= 0.6 is 11.8 Å². The summed E-state index contributed by atoms with van der Waals surface area (Å²) < 4.78 is 29.9. The Hall–Kier alpha value is -2.93. The number of primary amides is 1. The van der Waals surface area contributed by atoms with Crippen LogP contribution in [0.2, 0.25) is 0 Å². The van der Waals surface area contributed by atoms with Gasteiger partial charge in [0.15, 0.2) is 0 Å². The summed E-state index contributed by atoms with van der Waals surface area (Å²) in [7, 11) is 0. The molecule has 0 bridgehead atoms. The number of piperidine rings is 1. The maximum Gasteiger partial charge on any atom is 0.268 e. The van der Waals surface area contributed by atoms with E-state index in [1.165, 1.54) is 17.2 Å². The highest BCUT2D eigenvalue weighted by Crippen LogP contribution is 2.53. The number of aliphatic hydroxyl groups is 2. The molecule has 2 aliphatic heterocycles. The number of anilines is 2. The largest absolute Gasteiger partial charge is 0.392 e. The number of pyridine rings is 1. The normalized spacial score (nSPS) is 28.1. The summed E-state index contributed by atoms with van der Waals surface area (Å²) >= 11 is 0.919. The monoisotopic (exact) mass is 518 g/mol. The molecule has 5 rings (SSSR count). The molecule has 1 aromatic carbocycles. The summed E-state index contributed by atoms with van der Waals surface area (Å²) in [6.45, 7) is 2.59. The van der Waals surface area contributed by atoms with Crippen molar-refractivity contribution in [2.75, 3.05) is 22.9 Å². The molecule has 36 heavy (non-hydrogen) atoms. The van der Waals surface area contributed by atoms with Crippen LogP contribution in [0.25, 0.3) is 0 Å². The quantitative estimate of drug-likeness (QED) is 0.403. The van der Waals surface area contributed by atoms with Crippen molar-refractivity contribution in [3.8, 4) is 0 Å². The second-order valence-corrected chi connectivity index (χ2v) is 10.6. The molecule has 192 valence electrons. The number of benzene rings is 1. The molecule has 1 aliphatic carbocycles. The summed E-state index contributed by atoms with van der Waals surface area (Å²) in [5, 5.41) is 19.9. The first-order valence-electron chi connectivity index (χ1n) is 11.7. The maximum absolute atomic E-state index is 15.0. The molecule has 1 amide bonds. The van der Waals surface area contributed by atoms with Gasteiger partial charge < -0.3 is 37.2 Å². The van der Waals surface area contributed by atoms with Crippen LogP contribution in [0.4, 0.5) is 20.2 Å². The molecule has 1 saturated heterocycles. The Balaban J connectivity index is 1.73. The molecule has 5 atom stereocenters. The minimum atomic E-state index is -1.07. The van der Waals surface area contributed by atoms with Gasteiger partial charge in [0, 0.05) is 30.6 Å². The Morgan fingerprint density at radius 3 is 2.56 bits per heavy atom. The van der Waals surface area contributed by atoms with E-state index in [2.05, 4.69) is 4.98 Å². The molecule has 12 heteroatoms. The molecular formula is C24H28F2N6O3S. The van der Waals surface area contributed by atoms with Crippen LogP contribution in [0.5, 0.6) is 0 Å². The molecule has 2 aromatic rings. The number of nitrogens with two attached hydrogens (primary N) is 3. The Morgan fingerprint density at radius 1 is 1.22 bits per heavy atom. The van der Waals surface area contributed by atoms with E-state index < -0.39 is 41.2 Å². The van der Waals surface area contributed by atoms with E-state index in [0.717, 1.165) is 29.5 Å². The smallest absolute Gasteiger partial charge is 0.268 e. The van der Waals surface area contributed by atoms with Crippen molar-refractivity contribution in [2.24, 2.45) is 23.1 Å². The van der Waals surface area contributed by atoms with Crippen molar-refractivity contribution in [2.45, 2.75) is 43.4 Å². The molecular weight excluding hydrogens is 490 g/mol. The third-order valence-corrected chi connectivity index (χ3v) is 8.23. The van der Waals surface area contributed by atoms with Crippen LogP contribution in [0.1, 0.15) is 41.6 Å². The molecule has 3 aliphatic rings. The predicted molar refractivity (Wildman–Crippen MR) is 132 cm³/mol. The van der Waals surface area contributed by atoms with Crippen molar-refractivity contribution in [3.63, 3.8) is 0 Å². The van der Waals surface area contributed by atoms with Gasteiger partial charge in [-0.1, -0.05) is 24.8 Å². The van der Waals surface area contributed by atoms with Crippen molar-refractivity contribution >= 4 is 29.0 Å². The van der Waals surface area contributed by atoms with Gasteiger partial charge in [-0.2, -0.15) is 0 Å². The van der Waals surface area contributed by atoms with Gasteiger partial charge in [0.25, 0.3) is 5.91 Å². The lowest BCUT2D eigenvalue weighted by Gasteiger charge is -2.42. The Morgan fingerprint density at radius 2 is 1.92 bits per heavy atom. The first-order valence-corrected chi connectivity index (χ1v) is 12.6. The van der Waals surface area contributed by atoms with Crippen LogP contribution in [0.15, 0.2) is 35.1 Å². The fourth-order valence-electron chi connectivity index (χ4n) is 5.41. The highest BCUT2D eigenvalue weighted by molar-refractivity contribution is 8.03. The van der Waals surface area contributed by atoms with E-state index in [4.69, 9.17) is 17.2 Å². The van der Waals surface area contributed by atoms with Gasteiger partial charge in [0.2, 0.25) is 0 Å². The highest BCUT2D eigenvalue weighted by Gasteiger charge is 2.43. The van der Waals surface area contributed by atoms with E-state index in [-0.39, 0.29) is 28.8 Å². The zero-order chi connectivity index (χ0) is 25.9. The average Bonchev–Trinajstić information content (AvgIpc) is 3.36. The van der Waals surface area contributed by atoms with E-state index in [1.54, 1.807) is 0 Å². The number of carbonyl (C=O) groups is 1. The van der Waals surface area contributed by atoms with Crippen molar-refractivity contribution in [3.05, 3.63) is 63.6 Å². The molecule has 3 heterocycles. The van der Waals surface area contributed by atoms with Gasteiger partial charge in [0.1, 0.15) is 22.7 Å². The number of nitrogens with zero attached hydrogens (tertiary/aromatic N) is 3. The molecule has 1 aromatic heterocycles. The number of hydrogen-bond donors (Lipinski definition) is 5. The van der Waals surface area contributed by atoms with Crippen LogP contribution in [0, 0.1) is 17.6 Å². The number of aliphatic hydroxyl groups excluding tert-OH is 2. The molecule has 0 radical (unpaired) electrons. The fraction of sp³-hybridized carbons (Fsp3) is 0.417. The minimum absolute atomic E-state index is 0.0285. The molecule has 9 nitrogen and oxygen atoms in total. The lowest BCUT2D eigenvalue weighted by molar-refractivity contribution is -0.114. The number of thioether (sulfide) groups is 1. The van der Waals surface area contributed by atoms with E-state index >= 15 is 0 Å². The second kappa shape index (κ2) is 9.18.